The summed E-state index contributed by atoms with van der Waals surface area (Å²) in [5, 5.41) is 18.9. The molecule has 0 fully saturated rings. The van der Waals surface area contributed by atoms with Gasteiger partial charge in [-0.3, -0.25) is 10.1 Å². The van der Waals surface area contributed by atoms with Gasteiger partial charge in [0.15, 0.2) is 5.56 Å². The molecule has 1 aromatic rings. The fraction of sp³-hybridized carbons (Fsp3) is 0.125. The molecule has 17 heavy (non-hydrogen) atoms. The van der Waals surface area contributed by atoms with Crippen molar-refractivity contribution in [3.63, 3.8) is 0 Å². The first-order valence-corrected chi connectivity index (χ1v) is 4.37. The molecule has 0 aliphatic carbocycles. The number of hydrogen-bond acceptors (Lipinski definition) is 4. The van der Waals surface area contributed by atoms with Gasteiger partial charge in [0.2, 0.25) is 5.75 Å². The molecule has 0 atom stereocenters. The van der Waals surface area contributed by atoms with Gasteiger partial charge in [-0.2, -0.15) is 8.78 Å². The minimum absolute atomic E-state index is 0.439. The normalized spacial score (nSPS) is 10.4. The van der Waals surface area contributed by atoms with E-state index in [1.165, 1.54) is 0 Å². The number of halogens is 3. The van der Waals surface area contributed by atoms with Gasteiger partial charge in [0.05, 0.1) is 9.95 Å². The van der Waals surface area contributed by atoms with Gasteiger partial charge in [0.25, 0.3) is 0 Å². The van der Waals surface area contributed by atoms with E-state index < -0.39 is 39.5 Å². The van der Waals surface area contributed by atoms with E-state index in [4.69, 9.17) is 16.7 Å². The van der Waals surface area contributed by atoms with Crippen molar-refractivity contribution in [3.05, 3.63) is 32.8 Å². The summed E-state index contributed by atoms with van der Waals surface area (Å²) in [6.07, 6.45) is 0. The van der Waals surface area contributed by atoms with Gasteiger partial charge in [-0.25, -0.2) is 4.79 Å². The second-order valence-electron chi connectivity index (χ2n) is 2.71. The third kappa shape index (κ3) is 2.78. The molecule has 0 bridgehead atoms. The quantitative estimate of drug-likeness (QED) is 0.669. The van der Waals surface area contributed by atoms with Crippen molar-refractivity contribution in [2.24, 2.45) is 0 Å². The lowest BCUT2D eigenvalue weighted by atomic mass is 10.1. The SMILES string of the molecule is O=C(O)c1c(Cl)ccc(OC(F)F)c1[N+](=O)[O-]. The number of aromatic carboxylic acids is 1. The molecule has 1 N–H and O–H groups in total. The molecule has 0 aliphatic heterocycles. The van der Waals surface area contributed by atoms with E-state index in [0.717, 1.165) is 12.1 Å². The minimum Gasteiger partial charge on any atom is -0.477 e. The van der Waals surface area contributed by atoms with Crippen LogP contribution in [0.5, 0.6) is 5.75 Å². The lowest BCUT2D eigenvalue weighted by molar-refractivity contribution is -0.386. The smallest absolute Gasteiger partial charge is 0.387 e. The van der Waals surface area contributed by atoms with Crippen molar-refractivity contribution in [2.75, 3.05) is 0 Å². The van der Waals surface area contributed by atoms with Crippen LogP contribution in [0.4, 0.5) is 14.5 Å². The van der Waals surface area contributed by atoms with Gasteiger partial charge in [0.1, 0.15) is 0 Å². The van der Waals surface area contributed by atoms with Crippen LogP contribution >= 0.6 is 11.6 Å². The summed E-state index contributed by atoms with van der Waals surface area (Å²) in [5.41, 5.74) is -2.00. The average Bonchev–Trinajstić information content (AvgIpc) is 2.18. The van der Waals surface area contributed by atoms with Crippen LogP contribution in [0.1, 0.15) is 10.4 Å². The maximum Gasteiger partial charge on any atom is 0.387 e. The summed E-state index contributed by atoms with van der Waals surface area (Å²) in [7, 11) is 0. The highest BCUT2D eigenvalue weighted by molar-refractivity contribution is 6.34. The lowest BCUT2D eigenvalue weighted by Gasteiger charge is -2.07. The Kier molecular flexibility index (Phi) is 3.79. The molecular weight excluding hydrogens is 264 g/mol. The van der Waals surface area contributed by atoms with E-state index in [-0.39, 0.29) is 0 Å². The fourth-order valence-corrected chi connectivity index (χ4v) is 1.36. The highest BCUT2D eigenvalue weighted by Gasteiger charge is 2.30. The maximum atomic E-state index is 12.0. The topological polar surface area (TPSA) is 89.7 Å². The summed E-state index contributed by atoms with van der Waals surface area (Å²) < 4.78 is 27.8. The Morgan fingerprint density at radius 2 is 2.12 bits per heavy atom. The number of carboxylic acids is 1. The van der Waals surface area contributed by atoms with Crippen LogP contribution < -0.4 is 4.74 Å². The molecule has 0 spiro atoms. The van der Waals surface area contributed by atoms with Crippen molar-refractivity contribution in [1.82, 2.24) is 0 Å². The molecule has 0 radical (unpaired) electrons. The van der Waals surface area contributed by atoms with Crippen LogP contribution in [0.2, 0.25) is 5.02 Å². The number of rotatable bonds is 4. The van der Waals surface area contributed by atoms with E-state index >= 15 is 0 Å². The molecule has 0 aromatic heterocycles. The molecule has 92 valence electrons. The summed E-state index contributed by atoms with van der Waals surface area (Å²) in [4.78, 5) is 20.2. The molecule has 0 heterocycles. The Bertz CT molecular complexity index is 479. The van der Waals surface area contributed by atoms with Crippen molar-refractivity contribution in [1.29, 1.82) is 0 Å². The largest absolute Gasteiger partial charge is 0.477 e. The molecule has 0 aliphatic rings. The highest BCUT2D eigenvalue weighted by atomic mass is 35.5. The van der Waals surface area contributed by atoms with Crippen molar-refractivity contribution in [3.8, 4) is 5.75 Å². The number of alkyl halides is 2. The average molecular weight is 268 g/mol. The zero-order valence-corrected chi connectivity index (χ0v) is 8.65. The second-order valence-corrected chi connectivity index (χ2v) is 3.12. The molecule has 0 unspecified atom stereocenters. The summed E-state index contributed by atoms with van der Waals surface area (Å²) in [6.45, 7) is -3.31. The Morgan fingerprint density at radius 3 is 2.53 bits per heavy atom. The van der Waals surface area contributed by atoms with Crippen molar-refractivity contribution >= 4 is 23.3 Å². The van der Waals surface area contributed by atoms with Gasteiger partial charge in [0, 0.05) is 0 Å². The number of ether oxygens (including phenoxy) is 1. The monoisotopic (exact) mass is 267 g/mol. The molecule has 1 aromatic carbocycles. The molecule has 0 saturated heterocycles. The number of nitrogens with zero attached hydrogens (tertiary/aromatic N) is 1. The van der Waals surface area contributed by atoms with Crippen molar-refractivity contribution in [2.45, 2.75) is 6.61 Å². The van der Waals surface area contributed by atoms with Crippen LogP contribution in [0.25, 0.3) is 0 Å². The molecule has 1 rings (SSSR count). The molecule has 9 heteroatoms. The predicted molar refractivity (Wildman–Crippen MR) is 51.7 cm³/mol. The second kappa shape index (κ2) is 4.91. The van der Waals surface area contributed by atoms with Gasteiger partial charge < -0.3 is 9.84 Å². The zero-order valence-electron chi connectivity index (χ0n) is 7.89. The lowest BCUT2D eigenvalue weighted by Crippen LogP contribution is -2.09. The summed E-state index contributed by atoms with van der Waals surface area (Å²) in [5.74, 6) is -2.56. The highest BCUT2D eigenvalue weighted by Crippen LogP contribution is 2.36. The van der Waals surface area contributed by atoms with E-state index in [1.54, 1.807) is 0 Å². The molecule has 0 amide bonds. The van der Waals surface area contributed by atoms with Gasteiger partial charge in [-0.15, -0.1) is 0 Å². The predicted octanol–water partition coefficient (Wildman–Crippen LogP) is 2.55. The van der Waals surface area contributed by atoms with Crippen LogP contribution in [0.3, 0.4) is 0 Å². The number of hydrogen-bond donors (Lipinski definition) is 1. The third-order valence-corrected chi connectivity index (χ3v) is 2.02. The third-order valence-electron chi connectivity index (χ3n) is 1.70. The van der Waals surface area contributed by atoms with Crippen LogP contribution in [0.15, 0.2) is 12.1 Å². The van der Waals surface area contributed by atoms with Gasteiger partial charge in [-0.05, 0) is 12.1 Å². The first-order valence-electron chi connectivity index (χ1n) is 3.99. The van der Waals surface area contributed by atoms with E-state index in [0.29, 0.717) is 0 Å². The summed E-state index contributed by atoms with van der Waals surface area (Å²) in [6, 6.07) is 1.73. The molecule has 6 nitrogen and oxygen atoms in total. The molecule has 0 saturated carbocycles. The first kappa shape index (κ1) is 13.1. The minimum atomic E-state index is -3.31. The zero-order chi connectivity index (χ0) is 13.2. The Morgan fingerprint density at radius 1 is 1.53 bits per heavy atom. The first-order chi connectivity index (χ1) is 7.84. The van der Waals surface area contributed by atoms with E-state index in [9.17, 15) is 23.7 Å². The standard InChI is InChI=1S/C8H4ClF2NO5/c9-3-1-2-4(17-8(10)11)6(12(15)16)5(3)7(13)14/h1-2,8H,(H,13,14). The van der Waals surface area contributed by atoms with Crippen LogP contribution in [-0.4, -0.2) is 22.6 Å². The number of benzene rings is 1. The van der Waals surface area contributed by atoms with Gasteiger partial charge in [-0.1, -0.05) is 11.6 Å². The van der Waals surface area contributed by atoms with Crippen LogP contribution in [-0.2, 0) is 0 Å². The molecular formula is C8H4ClF2NO5. The Hall–Kier alpha value is -1.96. The Balaban J connectivity index is 3.47. The number of nitro groups is 1. The van der Waals surface area contributed by atoms with Crippen LogP contribution in [0, 0.1) is 10.1 Å². The number of carbonyl (C=O) groups is 1. The van der Waals surface area contributed by atoms with Crippen molar-refractivity contribution < 1.29 is 28.3 Å². The maximum absolute atomic E-state index is 12.0. The number of carboxylic acid groups (broad SMARTS) is 1. The number of nitro benzene ring substituents is 1. The summed E-state index contributed by atoms with van der Waals surface area (Å²) >= 11 is 5.45. The van der Waals surface area contributed by atoms with E-state index in [2.05, 4.69) is 4.74 Å². The fourth-order valence-electron chi connectivity index (χ4n) is 1.12. The van der Waals surface area contributed by atoms with E-state index in [1.807, 2.05) is 0 Å². The van der Waals surface area contributed by atoms with Gasteiger partial charge >= 0.3 is 18.3 Å². The Labute approximate surface area is 97.5 Å².